The Bertz CT molecular complexity index is 1610. The van der Waals surface area contributed by atoms with E-state index in [1.807, 2.05) is 104 Å². The van der Waals surface area contributed by atoms with Crippen LogP contribution in [0.15, 0.2) is 97.1 Å². The molecule has 1 aliphatic carbocycles. The van der Waals surface area contributed by atoms with Gasteiger partial charge < -0.3 is 20.3 Å². The first-order valence-corrected chi connectivity index (χ1v) is 14.8. The monoisotopic (exact) mass is 577 g/mol. The maximum atomic E-state index is 14.5. The highest BCUT2D eigenvalue weighted by Crippen LogP contribution is 2.37. The highest BCUT2D eigenvalue weighted by atomic mass is 16.6. The number of carbonyl (C=O) groups is 3. The molecule has 0 spiro atoms. The maximum absolute atomic E-state index is 14.5. The third-order valence-electron chi connectivity index (χ3n) is 7.37. The zero-order valence-electron chi connectivity index (χ0n) is 25.2. The number of aryl methyl sites for hydroxylation is 1. The van der Waals surface area contributed by atoms with Crippen LogP contribution in [0.2, 0.25) is 0 Å². The van der Waals surface area contributed by atoms with Crippen molar-refractivity contribution < 1.29 is 19.1 Å². The van der Waals surface area contributed by atoms with E-state index in [-0.39, 0.29) is 24.3 Å². The molecule has 5 rings (SSSR count). The second-order valence-corrected chi connectivity index (χ2v) is 12.2. The van der Waals surface area contributed by atoms with E-state index in [0.29, 0.717) is 11.3 Å². The third-order valence-corrected chi connectivity index (χ3v) is 7.37. The fraction of sp³-hybridized carbons (Fsp3) is 0.306. The number of hydrogen-bond acceptors (Lipinski definition) is 4. The lowest BCUT2D eigenvalue weighted by Crippen LogP contribution is -2.54. The van der Waals surface area contributed by atoms with E-state index in [4.69, 9.17) is 4.74 Å². The summed E-state index contributed by atoms with van der Waals surface area (Å²) in [5.41, 5.74) is 2.51. The Morgan fingerprint density at radius 2 is 1.56 bits per heavy atom. The largest absolute Gasteiger partial charge is 0.444 e. The summed E-state index contributed by atoms with van der Waals surface area (Å²) in [5.74, 6) is -0.630. The number of benzene rings is 4. The molecule has 0 aliphatic heterocycles. The molecule has 0 heterocycles. The van der Waals surface area contributed by atoms with E-state index in [9.17, 15) is 14.4 Å². The van der Waals surface area contributed by atoms with Crippen LogP contribution >= 0.6 is 0 Å². The molecule has 4 aromatic carbocycles. The van der Waals surface area contributed by atoms with Crippen molar-refractivity contribution in [3.63, 3.8) is 0 Å². The highest BCUT2D eigenvalue weighted by Gasteiger charge is 2.44. The topological polar surface area (TPSA) is 87.7 Å². The van der Waals surface area contributed by atoms with Crippen LogP contribution in [0.3, 0.4) is 0 Å². The van der Waals surface area contributed by atoms with Gasteiger partial charge in [0, 0.05) is 18.2 Å². The van der Waals surface area contributed by atoms with Gasteiger partial charge in [-0.05, 0) is 74.6 Å². The molecule has 0 saturated heterocycles. The second-order valence-electron chi connectivity index (χ2n) is 12.2. The number of ether oxygens (including phenoxy) is 1. The minimum atomic E-state index is -0.932. The molecule has 2 unspecified atom stereocenters. The van der Waals surface area contributed by atoms with Crippen LogP contribution in [0, 0.1) is 6.92 Å². The van der Waals surface area contributed by atoms with Gasteiger partial charge >= 0.3 is 6.09 Å². The van der Waals surface area contributed by atoms with Crippen LogP contribution in [0.4, 0.5) is 10.5 Å². The number of rotatable bonds is 9. The van der Waals surface area contributed by atoms with E-state index in [1.54, 1.807) is 25.7 Å². The van der Waals surface area contributed by atoms with E-state index >= 15 is 0 Å². The number of anilines is 1. The average molecular weight is 578 g/mol. The van der Waals surface area contributed by atoms with Crippen LogP contribution in [0.5, 0.6) is 0 Å². The molecule has 7 heteroatoms. The number of nitrogens with zero attached hydrogens (tertiary/aromatic N) is 1. The number of nitrogens with one attached hydrogen (secondary N) is 2. The van der Waals surface area contributed by atoms with Crippen LogP contribution < -0.4 is 10.6 Å². The normalized spacial score (nSPS) is 14.4. The summed E-state index contributed by atoms with van der Waals surface area (Å²) in [6, 6.07) is 29.0. The summed E-state index contributed by atoms with van der Waals surface area (Å²) in [5, 5.41) is 7.99. The van der Waals surface area contributed by atoms with Gasteiger partial charge in [-0.3, -0.25) is 9.59 Å². The Kier molecular flexibility index (Phi) is 8.81. The fourth-order valence-corrected chi connectivity index (χ4v) is 5.31. The predicted molar refractivity (Wildman–Crippen MR) is 170 cm³/mol. The Morgan fingerprint density at radius 1 is 0.860 bits per heavy atom. The zero-order chi connectivity index (χ0) is 30.6. The lowest BCUT2D eigenvalue weighted by Gasteiger charge is -2.35. The molecule has 4 aromatic rings. The third kappa shape index (κ3) is 7.80. The van der Waals surface area contributed by atoms with E-state index < -0.39 is 23.8 Å². The Labute approximate surface area is 253 Å². The molecule has 2 atom stereocenters. The number of carbonyl (C=O) groups excluding carboxylic acids is 3. The summed E-state index contributed by atoms with van der Waals surface area (Å²) in [7, 11) is 0. The number of hydrogen-bond donors (Lipinski definition) is 2. The molecule has 2 N–H and O–H groups in total. The van der Waals surface area contributed by atoms with Gasteiger partial charge in [0.05, 0.1) is 0 Å². The number of fused-ring (bicyclic) bond motifs is 1. The van der Waals surface area contributed by atoms with Gasteiger partial charge in [-0.15, -0.1) is 0 Å². The molecule has 43 heavy (non-hydrogen) atoms. The average Bonchev–Trinajstić information content (AvgIpc) is 3.80. The van der Waals surface area contributed by atoms with Crippen molar-refractivity contribution in [1.29, 1.82) is 0 Å². The van der Waals surface area contributed by atoms with Crippen molar-refractivity contribution in [2.75, 3.05) is 5.32 Å². The lowest BCUT2D eigenvalue weighted by molar-refractivity contribution is -0.141. The maximum Gasteiger partial charge on any atom is 0.408 e. The quantitative estimate of drug-likeness (QED) is 0.225. The van der Waals surface area contributed by atoms with Gasteiger partial charge in [0.1, 0.15) is 17.7 Å². The molecular weight excluding hydrogens is 538 g/mol. The van der Waals surface area contributed by atoms with Crippen LogP contribution in [-0.4, -0.2) is 40.5 Å². The standard InChI is InChI=1S/C36H39N3O4/c1-24-11-10-16-28(21-24)32(33(40)37-29-18-17-26-14-8-9-15-27(26)23-29)39(30-19-20-30)34(41)31(22-25-12-6-5-7-13-25)38-35(42)43-36(2,3)4/h5-18,21,23,30-32H,19-20,22H2,1-4H3,(H,37,40)(H,38,42). The van der Waals surface area contributed by atoms with Gasteiger partial charge in [0.25, 0.3) is 5.91 Å². The Morgan fingerprint density at radius 3 is 2.23 bits per heavy atom. The fourth-order valence-electron chi connectivity index (χ4n) is 5.31. The molecule has 1 fully saturated rings. The second kappa shape index (κ2) is 12.7. The summed E-state index contributed by atoms with van der Waals surface area (Å²) in [4.78, 5) is 43.4. The SMILES string of the molecule is Cc1cccc(C(C(=O)Nc2ccc3ccccc3c2)N(C(=O)C(Cc2ccccc2)NC(=O)OC(C)(C)C)C2CC2)c1. The Hall–Kier alpha value is -4.65. The van der Waals surface area contributed by atoms with Crippen LogP contribution in [0.25, 0.3) is 10.8 Å². The van der Waals surface area contributed by atoms with E-state index in [2.05, 4.69) is 10.6 Å². The molecule has 7 nitrogen and oxygen atoms in total. The lowest BCUT2D eigenvalue weighted by atomic mass is 9.98. The van der Waals surface area contributed by atoms with Crippen molar-refractivity contribution >= 4 is 34.4 Å². The first-order valence-electron chi connectivity index (χ1n) is 14.8. The van der Waals surface area contributed by atoms with Crippen molar-refractivity contribution in [3.05, 3.63) is 114 Å². The summed E-state index contributed by atoms with van der Waals surface area (Å²) < 4.78 is 5.53. The minimum Gasteiger partial charge on any atom is -0.444 e. The summed E-state index contributed by atoms with van der Waals surface area (Å²) in [6.07, 6.45) is 1.14. The first kappa shape index (κ1) is 29.8. The van der Waals surface area contributed by atoms with Crippen LogP contribution in [0.1, 0.15) is 56.3 Å². The first-order chi connectivity index (χ1) is 20.6. The molecule has 3 amide bonds. The van der Waals surface area contributed by atoms with Gasteiger partial charge in [0.15, 0.2) is 0 Å². The summed E-state index contributed by atoms with van der Waals surface area (Å²) in [6.45, 7) is 7.30. The van der Waals surface area contributed by atoms with Crippen molar-refractivity contribution in [1.82, 2.24) is 10.2 Å². The van der Waals surface area contributed by atoms with Gasteiger partial charge in [0.2, 0.25) is 5.91 Å². The van der Waals surface area contributed by atoms with Crippen molar-refractivity contribution in [2.24, 2.45) is 0 Å². The smallest absolute Gasteiger partial charge is 0.408 e. The molecule has 1 saturated carbocycles. The van der Waals surface area contributed by atoms with E-state index in [1.165, 1.54) is 0 Å². The van der Waals surface area contributed by atoms with Crippen molar-refractivity contribution in [2.45, 2.75) is 70.7 Å². The van der Waals surface area contributed by atoms with E-state index in [0.717, 1.165) is 34.7 Å². The number of amides is 3. The molecule has 0 aromatic heterocycles. The molecular formula is C36H39N3O4. The predicted octanol–water partition coefficient (Wildman–Crippen LogP) is 6.96. The molecule has 0 radical (unpaired) electrons. The Balaban J connectivity index is 1.50. The molecule has 1 aliphatic rings. The van der Waals surface area contributed by atoms with Gasteiger partial charge in [-0.2, -0.15) is 0 Å². The minimum absolute atomic E-state index is 0.126. The van der Waals surface area contributed by atoms with Crippen molar-refractivity contribution in [3.8, 4) is 0 Å². The summed E-state index contributed by atoms with van der Waals surface area (Å²) >= 11 is 0. The highest BCUT2D eigenvalue weighted by molar-refractivity contribution is 6.00. The van der Waals surface area contributed by atoms with Gasteiger partial charge in [-0.1, -0.05) is 90.5 Å². The van der Waals surface area contributed by atoms with Gasteiger partial charge in [-0.25, -0.2) is 4.79 Å². The zero-order valence-corrected chi connectivity index (χ0v) is 25.2. The number of alkyl carbamates (subject to hydrolysis) is 1. The van der Waals surface area contributed by atoms with Crippen LogP contribution in [-0.2, 0) is 20.7 Å². The molecule has 0 bridgehead atoms. The molecule has 222 valence electrons.